The van der Waals surface area contributed by atoms with Crippen molar-refractivity contribution in [2.75, 3.05) is 7.11 Å². The lowest BCUT2D eigenvalue weighted by molar-refractivity contribution is 0.104. The highest BCUT2D eigenvalue weighted by molar-refractivity contribution is 9.10. The number of fused-ring (bicyclic) bond motifs is 1. The molecule has 3 nitrogen and oxygen atoms in total. The molecule has 4 rings (SSSR count). The molecule has 0 aliphatic carbocycles. The maximum Gasteiger partial charge on any atom is 0.185 e. The standard InChI is InChI=1S/C27H21BrO3/c1-30-27-15-7-19(6-14-26(29)21-8-11-24(28)12-9-21)16-23(27)18-31-25-13-10-20-4-2-3-5-22(20)17-25/h2-17H,18H2,1H3/b14-6+. The van der Waals surface area contributed by atoms with Crippen molar-refractivity contribution < 1.29 is 14.3 Å². The van der Waals surface area contributed by atoms with Gasteiger partial charge in [0.25, 0.3) is 0 Å². The van der Waals surface area contributed by atoms with Crippen molar-refractivity contribution in [1.29, 1.82) is 0 Å². The van der Waals surface area contributed by atoms with Crippen LogP contribution in [0.15, 0.2) is 95.5 Å². The minimum Gasteiger partial charge on any atom is -0.496 e. The van der Waals surface area contributed by atoms with Crippen molar-refractivity contribution in [3.05, 3.63) is 112 Å². The quantitative estimate of drug-likeness (QED) is 0.212. The van der Waals surface area contributed by atoms with Crippen molar-refractivity contribution in [2.24, 2.45) is 0 Å². The van der Waals surface area contributed by atoms with E-state index in [1.165, 1.54) is 5.39 Å². The average molecular weight is 473 g/mol. The number of carbonyl (C=O) groups is 1. The topological polar surface area (TPSA) is 35.5 Å². The minimum atomic E-state index is -0.0442. The third kappa shape index (κ3) is 5.22. The largest absolute Gasteiger partial charge is 0.496 e. The Morgan fingerprint density at radius 2 is 1.68 bits per heavy atom. The van der Waals surface area contributed by atoms with Gasteiger partial charge in [0.2, 0.25) is 0 Å². The van der Waals surface area contributed by atoms with Gasteiger partial charge in [-0.2, -0.15) is 0 Å². The number of rotatable bonds is 7. The van der Waals surface area contributed by atoms with E-state index in [-0.39, 0.29) is 5.78 Å². The maximum absolute atomic E-state index is 12.4. The van der Waals surface area contributed by atoms with Gasteiger partial charge in [-0.25, -0.2) is 0 Å². The van der Waals surface area contributed by atoms with Crippen molar-refractivity contribution in [1.82, 2.24) is 0 Å². The molecule has 0 bridgehead atoms. The van der Waals surface area contributed by atoms with Gasteiger partial charge in [-0.1, -0.05) is 58.4 Å². The van der Waals surface area contributed by atoms with Gasteiger partial charge >= 0.3 is 0 Å². The highest BCUT2D eigenvalue weighted by atomic mass is 79.9. The molecule has 0 aliphatic rings. The zero-order chi connectivity index (χ0) is 21.6. The van der Waals surface area contributed by atoms with Gasteiger partial charge in [0.15, 0.2) is 5.78 Å². The average Bonchev–Trinajstić information content (AvgIpc) is 2.81. The molecule has 0 saturated carbocycles. The van der Waals surface area contributed by atoms with Crippen LogP contribution >= 0.6 is 15.9 Å². The minimum absolute atomic E-state index is 0.0442. The summed E-state index contributed by atoms with van der Waals surface area (Å²) in [6.07, 6.45) is 3.39. The second kappa shape index (κ2) is 9.63. The van der Waals surface area contributed by atoms with Crippen LogP contribution in [0.25, 0.3) is 16.8 Å². The highest BCUT2D eigenvalue weighted by Crippen LogP contribution is 2.25. The van der Waals surface area contributed by atoms with Crippen LogP contribution in [0.2, 0.25) is 0 Å². The molecule has 31 heavy (non-hydrogen) atoms. The number of allylic oxidation sites excluding steroid dienone is 1. The van der Waals surface area contributed by atoms with E-state index in [9.17, 15) is 4.79 Å². The molecule has 0 spiro atoms. The molecule has 0 radical (unpaired) electrons. The number of hydrogen-bond donors (Lipinski definition) is 0. The molecule has 154 valence electrons. The molecule has 4 aromatic rings. The van der Waals surface area contributed by atoms with Gasteiger partial charge in [0.1, 0.15) is 18.1 Å². The Kier molecular flexibility index (Phi) is 6.48. The zero-order valence-corrected chi connectivity index (χ0v) is 18.6. The fourth-order valence-electron chi connectivity index (χ4n) is 3.32. The third-order valence-electron chi connectivity index (χ3n) is 4.98. The fourth-order valence-corrected chi connectivity index (χ4v) is 3.58. The number of benzene rings is 4. The molecule has 0 heterocycles. The Bertz CT molecular complexity index is 1240. The van der Waals surface area contributed by atoms with Crippen LogP contribution in [0.5, 0.6) is 11.5 Å². The molecule has 0 amide bonds. The molecule has 0 aromatic heterocycles. The van der Waals surface area contributed by atoms with Gasteiger partial charge < -0.3 is 9.47 Å². The molecular weight excluding hydrogens is 452 g/mol. The van der Waals surface area contributed by atoms with Gasteiger partial charge in [-0.15, -0.1) is 0 Å². The Hall–Kier alpha value is -3.37. The molecule has 4 heteroatoms. The number of methoxy groups -OCH3 is 1. The SMILES string of the molecule is COc1ccc(/C=C/C(=O)c2ccc(Br)cc2)cc1COc1ccc2ccccc2c1. The molecular formula is C27H21BrO3. The summed E-state index contributed by atoms with van der Waals surface area (Å²) in [4.78, 5) is 12.4. The highest BCUT2D eigenvalue weighted by Gasteiger charge is 2.07. The third-order valence-corrected chi connectivity index (χ3v) is 5.50. The van der Waals surface area contributed by atoms with Crippen molar-refractivity contribution in [2.45, 2.75) is 6.61 Å². The van der Waals surface area contributed by atoms with Gasteiger partial charge in [-0.3, -0.25) is 4.79 Å². The summed E-state index contributed by atoms with van der Waals surface area (Å²) >= 11 is 3.38. The summed E-state index contributed by atoms with van der Waals surface area (Å²) in [5, 5.41) is 2.31. The summed E-state index contributed by atoms with van der Waals surface area (Å²) in [6.45, 7) is 0.365. The van der Waals surface area contributed by atoms with E-state index in [4.69, 9.17) is 9.47 Å². The number of ketones is 1. The van der Waals surface area contributed by atoms with E-state index >= 15 is 0 Å². The monoisotopic (exact) mass is 472 g/mol. The first-order chi connectivity index (χ1) is 15.1. The number of halogens is 1. The normalized spacial score (nSPS) is 11.0. The van der Waals surface area contributed by atoms with Crippen molar-refractivity contribution in [3.63, 3.8) is 0 Å². The number of carbonyl (C=O) groups excluding carboxylic acids is 1. The van der Waals surface area contributed by atoms with Crippen LogP contribution < -0.4 is 9.47 Å². The predicted octanol–water partition coefficient (Wildman–Crippen LogP) is 7.09. The maximum atomic E-state index is 12.4. The fraction of sp³-hybridized carbons (Fsp3) is 0.0741. The number of ether oxygens (including phenoxy) is 2. The Morgan fingerprint density at radius 3 is 2.45 bits per heavy atom. The molecule has 4 aromatic carbocycles. The summed E-state index contributed by atoms with van der Waals surface area (Å²) in [6, 6.07) is 27.3. The van der Waals surface area contributed by atoms with Gasteiger partial charge in [0.05, 0.1) is 7.11 Å². The van der Waals surface area contributed by atoms with Crippen LogP contribution in [-0.4, -0.2) is 12.9 Å². The van der Waals surface area contributed by atoms with Crippen molar-refractivity contribution >= 4 is 38.6 Å². The van der Waals surface area contributed by atoms with E-state index in [1.807, 2.05) is 60.7 Å². The molecule has 0 atom stereocenters. The Labute approximate surface area is 190 Å². The summed E-state index contributed by atoms with van der Waals surface area (Å²) < 4.78 is 12.5. The van der Waals surface area contributed by atoms with Gasteiger partial charge in [-0.05, 0) is 70.9 Å². The number of hydrogen-bond acceptors (Lipinski definition) is 3. The van der Waals surface area contributed by atoms with Crippen molar-refractivity contribution in [3.8, 4) is 11.5 Å². The zero-order valence-electron chi connectivity index (χ0n) is 17.0. The lowest BCUT2D eigenvalue weighted by atomic mass is 10.1. The lowest BCUT2D eigenvalue weighted by Gasteiger charge is -2.12. The van der Waals surface area contributed by atoms with Crippen LogP contribution in [-0.2, 0) is 6.61 Å². The summed E-state index contributed by atoms with van der Waals surface area (Å²) in [5.41, 5.74) is 2.46. The first kappa shape index (κ1) is 20.9. The first-order valence-corrected chi connectivity index (χ1v) is 10.7. The summed E-state index contributed by atoms with van der Waals surface area (Å²) in [5.74, 6) is 1.50. The Balaban J connectivity index is 1.50. The van der Waals surface area contributed by atoms with E-state index in [0.29, 0.717) is 12.2 Å². The Morgan fingerprint density at radius 1 is 0.903 bits per heavy atom. The lowest BCUT2D eigenvalue weighted by Crippen LogP contribution is -1.99. The van der Waals surface area contributed by atoms with E-state index in [2.05, 4.69) is 34.1 Å². The smallest absolute Gasteiger partial charge is 0.185 e. The molecule has 0 unspecified atom stereocenters. The van der Waals surface area contributed by atoms with E-state index in [0.717, 1.165) is 32.5 Å². The molecule has 0 saturated heterocycles. The van der Waals surface area contributed by atoms with E-state index < -0.39 is 0 Å². The first-order valence-electron chi connectivity index (χ1n) is 9.89. The second-order valence-electron chi connectivity index (χ2n) is 7.07. The summed E-state index contributed by atoms with van der Waals surface area (Å²) in [7, 11) is 1.64. The predicted molar refractivity (Wildman–Crippen MR) is 129 cm³/mol. The van der Waals surface area contributed by atoms with Crippen LogP contribution in [0.3, 0.4) is 0 Å². The van der Waals surface area contributed by atoms with Crippen LogP contribution in [0.4, 0.5) is 0 Å². The van der Waals surface area contributed by atoms with Gasteiger partial charge in [0, 0.05) is 15.6 Å². The van der Waals surface area contributed by atoms with Crippen LogP contribution in [0, 0.1) is 0 Å². The second-order valence-corrected chi connectivity index (χ2v) is 7.99. The van der Waals surface area contributed by atoms with Crippen LogP contribution in [0.1, 0.15) is 21.5 Å². The molecule has 0 aliphatic heterocycles. The molecule has 0 N–H and O–H groups in total. The molecule has 0 fully saturated rings. The van der Waals surface area contributed by atoms with E-state index in [1.54, 1.807) is 25.3 Å².